The quantitative estimate of drug-likeness (QED) is 0.446. The third kappa shape index (κ3) is 52.0. The molecule has 1 saturated heterocycles. The number of hydrogen-bond acceptors (Lipinski definition) is 1. The second-order valence-corrected chi connectivity index (χ2v) is 8.33. The predicted molar refractivity (Wildman–Crippen MR) is 121 cm³/mol. The maximum absolute atomic E-state index is 4.94. The summed E-state index contributed by atoms with van der Waals surface area (Å²) in [5, 5.41) is 12.8. The molecule has 0 radical (unpaired) electrons. The Morgan fingerprint density at radius 1 is 0.444 bits per heavy atom. The van der Waals surface area contributed by atoms with E-state index in [1.54, 1.807) is 0 Å². The van der Waals surface area contributed by atoms with Crippen LogP contribution in [0.5, 0.6) is 0 Å². The Labute approximate surface area is 191 Å². The minimum Gasteiger partial charge on any atom is -0.658 e. The molecule has 1 aliphatic heterocycles. The minimum atomic E-state index is 0. The van der Waals surface area contributed by atoms with Crippen LogP contribution in [0.1, 0.15) is 95.9 Å². The van der Waals surface area contributed by atoms with Crippen LogP contribution < -0.4 is 0 Å². The van der Waals surface area contributed by atoms with E-state index in [0.29, 0.717) is 36.3 Å². The fourth-order valence-corrected chi connectivity index (χ4v) is 2.30. The van der Waals surface area contributed by atoms with Crippen LogP contribution in [0, 0.1) is 0 Å². The maximum atomic E-state index is 4.94. The molecule has 5 heteroatoms. The second-order valence-electron chi connectivity index (χ2n) is 8.33. The van der Waals surface area contributed by atoms with Crippen molar-refractivity contribution in [1.82, 2.24) is 0 Å². The molecule has 0 bridgehead atoms. The summed E-state index contributed by atoms with van der Waals surface area (Å²) in [5.74, 6) is 0. The molecule has 1 heterocycles. The molecular weight excluding hydrogens is 367 g/mol. The van der Waals surface area contributed by atoms with Crippen molar-refractivity contribution in [3.63, 3.8) is 0 Å². The van der Waals surface area contributed by atoms with Crippen LogP contribution in [0.3, 0.4) is 0 Å². The van der Waals surface area contributed by atoms with Crippen molar-refractivity contribution in [3.05, 3.63) is 16.0 Å². The number of nitrogens with zero attached hydrogens (tertiary/aromatic N) is 3. The SMILES string of the molecule is C1CCOC1.CC(C)[N-]C(C)C.CC(C)[N-]C(C)C.CC(C)[N-]C(C)C.[Sc+3]. The molecule has 0 aliphatic carbocycles. The number of ether oxygens (including phenoxy) is 1. The second kappa shape index (κ2) is 24.7. The molecule has 0 spiro atoms. The van der Waals surface area contributed by atoms with Gasteiger partial charge < -0.3 is 20.7 Å². The standard InChI is InChI=1S/3C6H14N.C4H8O.Sc/c3*1-5(2)7-6(3)4;1-2-4-5-3-1;/h3*5-6H,1-4H3;1-4H2;/q3*-1;;+3. The van der Waals surface area contributed by atoms with Gasteiger partial charge in [-0.15, -0.1) is 36.3 Å². The summed E-state index contributed by atoms with van der Waals surface area (Å²) in [6.07, 6.45) is 2.56. The molecule has 4 nitrogen and oxygen atoms in total. The van der Waals surface area contributed by atoms with Gasteiger partial charge in [0.15, 0.2) is 0 Å². The molecule has 0 aromatic rings. The van der Waals surface area contributed by atoms with Gasteiger partial charge in [0.1, 0.15) is 0 Å². The van der Waals surface area contributed by atoms with Gasteiger partial charge in [0.05, 0.1) is 0 Å². The maximum Gasteiger partial charge on any atom is 3.00 e. The van der Waals surface area contributed by atoms with E-state index in [2.05, 4.69) is 99.0 Å². The van der Waals surface area contributed by atoms with Gasteiger partial charge in [-0.1, -0.05) is 83.1 Å². The molecule has 1 rings (SSSR count). The molecule has 162 valence electrons. The van der Waals surface area contributed by atoms with E-state index in [1.165, 1.54) is 12.8 Å². The molecule has 0 aromatic carbocycles. The molecule has 0 amide bonds. The van der Waals surface area contributed by atoms with E-state index in [0.717, 1.165) is 13.2 Å². The molecule has 0 aromatic heterocycles. The summed E-state index contributed by atoms with van der Waals surface area (Å²) < 4.78 is 4.94. The monoisotopic (exact) mass is 417 g/mol. The third-order valence-corrected chi connectivity index (χ3v) is 2.62. The van der Waals surface area contributed by atoms with Crippen LogP contribution in [-0.2, 0) is 30.6 Å². The molecule has 0 saturated carbocycles. The topological polar surface area (TPSA) is 51.5 Å². The van der Waals surface area contributed by atoms with E-state index in [4.69, 9.17) is 4.74 Å². The van der Waals surface area contributed by atoms with Gasteiger partial charge in [-0.3, -0.25) is 0 Å². The first-order chi connectivity index (χ1) is 11.9. The zero-order valence-corrected chi connectivity index (χ0v) is 22.4. The summed E-state index contributed by atoms with van der Waals surface area (Å²) in [4.78, 5) is 0. The van der Waals surface area contributed by atoms with Crippen LogP contribution in [0.15, 0.2) is 0 Å². The van der Waals surface area contributed by atoms with Crippen molar-refractivity contribution in [2.24, 2.45) is 0 Å². The zero-order valence-electron chi connectivity index (χ0n) is 20.6. The summed E-state index contributed by atoms with van der Waals surface area (Å²) in [6, 6.07) is 3.00. The Bertz CT molecular complexity index is 195. The van der Waals surface area contributed by atoms with E-state index < -0.39 is 0 Å². The van der Waals surface area contributed by atoms with Crippen LogP contribution in [0.25, 0.3) is 16.0 Å². The predicted octanol–water partition coefficient (Wildman–Crippen LogP) is 7.33. The molecule has 0 N–H and O–H groups in total. The fraction of sp³-hybridized carbons (Fsp3) is 1.00. The van der Waals surface area contributed by atoms with Gasteiger partial charge in [0, 0.05) is 13.2 Å². The van der Waals surface area contributed by atoms with Gasteiger partial charge in [0.2, 0.25) is 0 Å². The van der Waals surface area contributed by atoms with Gasteiger partial charge in [-0.2, -0.15) is 0 Å². The number of rotatable bonds is 6. The van der Waals surface area contributed by atoms with E-state index in [-0.39, 0.29) is 25.8 Å². The Morgan fingerprint density at radius 2 is 0.630 bits per heavy atom. The van der Waals surface area contributed by atoms with Crippen molar-refractivity contribution in [1.29, 1.82) is 0 Å². The molecule has 0 unspecified atom stereocenters. The average molecular weight is 418 g/mol. The van der Waals surface area contributed by atoms with Gasteiger partial charge in [-0.05, 0) is 12.8 Å². The zero-order chi connectivity index (χ0) is 21.1. The summed E-state index contributed by atoms with van der Waals surface area (Å²) in [7, 11) is 0. The first-order valence-corrected chi connectivity index (χ1v) is 10.6. The van der Waals surface area contributed by atoms with Crippen LogP contribution >= 0.6 is 0 Å². The van der Waals surface area contributed by atoms with Gasteiger partial charge in [0.25, 0.3) is 0 Å². The van der Waals surface area contributed by atoms with Gasteiger partial charge in [-0.25, -0.2) is 0 Å². The van der Waals surface area contributed by atoms with Gasteiger partial charge >= 0.3 is 25.8 Å². The Morgan fingerprint density at radius 3 is 0.667 bits per heavy atom. The third-order valence-electron chi connectivity index (χ3n) is 2.62. The largest absolute Gasteiger partial charge is 3.00 e. The number of hydrogen-bond donors (Lipinski definition) is 0. The van der Waals surface area contributed by atoms with Crippen molar-refractivity contribution < 1.29 is 30.6 Å². The van der Waals surface area contributed by atoms with E-state index in [9.17, 15) is 0 Å². The first kappa shape index (κ1) is 35.2. The van der Waals surface area contributed by atoms with Crippen molar-refractivity contribution in [2.45, 2.75) is 132 Å². The Hall–Kier alpha value is 0.710. The Kier molecular flexibility index (Phi) is 32.2. The van der Waals surface area contributed by atoms with Crippen LogP contribution in [0.2, 0.25) is 0 Å². The molecule has 27 heavy (non-hydrogen) atoms. The fourth-order valence-electron chi connectivity index (χ4n) is 2.30. The summed E-state index contributed by atoms with van der Waals surface area (Å²) in [5.41, 5.74) is 0. The molecular formula is C22H50N3OSc. The average Bonchev–Trinajstić information content (AvgIpc) is 2.93. The summed E-state index contributed by atoms with van der Waals surface area (Å²) >= 11 is 0. The van der Waals surface area contributed by atoms with Crippen molar-refractivity contribution in [2.75, 3.05) is 13.2 Å². The van der Waals surface area contributed by atoms with Crippen LogP contribution in [-0.4, -0.2) is 49.5 Å². The van der Waals surface area contributed by atoms with E-state index >= 15 is 0 Å². The van der Waals surface area contributed by atoms with Crippen molar-refractivity contribution in [3.8, 4) is 0 Å². The summed E-state index contributed by atoms with van der Waals surface area (Å²) in [6.45, 7) is 27.2. The molecule has 0 atom stereocenters. The minimum absolute atomic E-state index is 0. The normalized spacial score (nSPS) is 13.1. The first-order valence-electron chi connectivity index (χ1n) is 10.6. The Balaban J connectivity index is -0.000000130. The smallest absolute Gasteiger partial charge is 0.658 e. The molecule has 1 aliphatic rings. The molecule has 1 fully saturated rings. The van der Waals surface area contributed by atoms with E-state index in [1.807, 2.05) is 0 Å². The van der Waals surface area contributed by atoms with Crippen LogP contribution in [0.4, 0.5) is 0 Å². The van der Waals surface area contributed by atoms with Crippen molar-refractivity contribution >= 4 is 0 Å².